The van der Waals surface area contributed by atoms with E-state index in [2.05, 4.69) is 10.1 Å². The Labute approximate surface area is 101 Å². The highest BCUT2D eigenvalue weighted by Crippen LogP contribution is 2.19. The number of carbonyl (C=O) groups excluding carboxylic acids is 1. The molecule has 0 unspecified atom stereocenters. The topological polar surface area (TPSA) is 58.6 Å². The summed E-state index contributed by atoms with van der Waals surface area (Å²) in [5.41, 5.74) is -0.480. The molecule has 7 heteroatoms. The zero-order valence-corrected chi connectivity index (χ0v) is 9.33. The maximum Gasteiger partial charge on any atom is 0.261 e. The number of carbonyl (C=O) groups is 1. The summed E-state index contributed by atoms with van der Waals surface area (Å²) in [5, 5.41) is 11.6. The third kappa shape index (κ3) is 4.25. The van der Waals surface area contributed by atoms with Crippen LogP contribution >= 0.6 is 0 Å². The Morgan fingerprint density at radius 1 is 1.44 bits per heavy atom. The van der Waals surface area contributed by atoms with Crippen molar-refractivity contribution in [3.63, 3.8) is 0 Å². The minimum atomic E-state index is -2.57. The predicted molar refractivity (Wildman–Crippen MR) is 57.2 cm³/mol. The molecule has 0 aliphatic carbocycles. The van der Waals surface area contributed by atoms with Crippen LogP contribution in [-0.4, -0.2) is 37.2 Å². The van der Waals surface area contributed by atoms with Gasteiger partial charge in [-0.1, -0.05) is 6.07 Å². The summed E-state index contributed by atoms with van der Waals surface area (Å²) in [6.45, 7) is -0.897. The van der Waals surface area contributed by atoms with E-state index in [-0.39, 0.29) is 13.2 Å². The molecule has 0 bridgehead atoms. The van der Waals surface area contributed by atoms with Crippen LogP contribution in [0.5, 0.6) is 5.75 Å². The van der Waals surface area contributed by atoms with Crippen LogP contribution in [0.3, 0.4) is 0 Å². The SMILES string of the molecule is O=C(NCCOCC(F)F)c1c(O)cccc1F. The second-order valence-electron chi connectivity index (χ2n) is 3.36. The van der Waals surface area contributed by atoms with Crippen LogP contribution in [0.15, 0.2) is 18.2 Å². The van der Waals surface area contributed by atoms with Crippen LogP contribution in [-0.2, 0) is 4.74 Å². The van der Waals surface area contributed by atoms with Gasteiger partial charge in [0.05, 0.1) is 6.61 Å². The number of ether oxygens (including phenoxy) is 1. The number of benzene rings is 1. The highest BCUT2D eigenvalue weighted by Gasteiger charge is 2.15. The summed E-state index contributed by atoms with van der Waals surface area (Å²) in [5.74, 6) is -2.17. The second kappa shape index (κ2) is 6.85. The average Bonchev–Trinajstić information content (AvgIpc) is 2.27. The number of halogens is 3. The van der Waals surface area contributed by atoms with Crippen molar-refractivity contribution < 1.29 is 27.8 Å². The molecule has 1 aromatic carbocycles. The molecule has 0 atom stereocenters. The van der Waals surface area contributed by atoms with Crippen LogP contribution < -0.4 is 5.32 Å². The van der Waals surface area contributed by atoms with Crippen molar-refractivity contribution >= 4 is 5.91 Å². The standard InChI is InChI=1S/C11H12F3NO3/c12-7-2-1-3-8(16)10(7)11(17)15-4-5-18-6-9(13)14/h1-3,9,16H,4-6H2,(H,15,17). The Kier molecular flexibility index (Phi) is 5.44. The van der Waals surface area contributed by atoms with Gasteiger partial charge >= 0.3 is 0 Å². The van der Waals surface area contributed by atoms with Gasteiger partial charge in [-0.3, -0.25) is 4.79 Å². The highest BCUT2D eigenvalue weighted by molar-refractivity contribution is 5.97. The lowest BCUT2D eigenvalue weighted by molar-refractivity contribution is 0.0188. The molecule has 2 N–H and O–H groups in total. The highest BCUT2D eigenvalue weighted by atomic mass is 19.3. The van der Waals surface area contributed by atoms with Crippen molar-refractivity contribution in [2.75, 3.05) is 19.8 Å². The Morgan fingerprint density at radius 3 is 2.78 bits per heavy atom. The minimum Gasteiger partial charge on any atom is -0.507 e. The number of alkyl halides is 2. The van der Waals surface area contributed by atoms with Crippen LogP contribution in [0.25, 0.3) is 0 Å². The van der Waals surface area contributed by atoms with E-state index in [1.54, 1.807) is 0 Å². The lowest BCUT2D eigenvalue weighted by Gasteiger charge is -2.08. The molecule has 1 aromatic rings. The Balaban J connectivity index is 2.41. The first-order valence-corrected chi connectivity index (χ1v) is 5.14. The van der Waals surface area contributed by atoms with E-state index in [0.717, 1.165) is 6.07 Å². The van der Waals surface area contributed by atoms with Crippen LogP contribution in [0, 0.1) is 5.82 Å². The maximum absolute atomic E-state index is 13.2. The number of phenols is 1. The molecule has 4 nitrogen and oxygen atoms in total. The lowest BCUT2D eigenvalue weighted by Crippen LogP contribution is -2.28. The predicted octanol–water partition coefficient (Wildman–Crippen LogP) is 1.54. The molecule has 0 saturated heterocycles. The second-order valence-corrected chi connectivity index (χ2v) is 3.36. The van der Waals surface area contributed by atoms with Crippen molar-refractivity contribution in [1.82, 2.24) is 5.32 Å². The fourth-order valence-electron chi connectivity index (χ4n) is 1.24. The number of nitrogens with one attached hydrogen (secondary N) is 1. The fraction of sp³-hybridized carbons (Fsp3) is 0.364. The van der Waals surface area contributed by atoms with Gasteiger partial charge in [0.25, 0.3) is 12.3 Å². The summed E-state index contributed by atoms with van der Waals surface area (Å²) in [7, 11) is 0. The molecule has 18 heavy (non-hydrogen) atoms. The summed E-state index contributed by atoms with van der Waals surface area (Å²) in [6.07, 6.45) is -2.57. The Hall–Kier alpha value is -1.76. The molecular formula is C11H12F3NO3. The molecule has 0 aliphatic rings. The molecule has 0 heterocycles. The van der Waals surface area contributed by atoms with Crippen LogP contribution in [0.2, 0.25) is 0 Å². The van der Waals surface area contributed by atoms with Crippen LogP contribution in [0.1, 0.15) is 10.4 Å². The molecule has 1 amide bonds. The van der Waals surface area contributed by atoms with Crippen molar-refractivity contribution in [2.45, 2.75) is 6.43 Å². The van der Waals surface area contributed by atoms with Crippen molar-refractivity contribution in [2.24, 2.45) is 0 Å². The van der Waals surface area contributed by atoms with Gasteiger partial charge in [-0.15, -0.1) is 0 Å². The molecule has 0 aliphatic heterocycles. The number of rotatable bonds is 6. The molecule has 0 radical (unpaired) electrons. The third-order valence-corrected chi connectivity index (χ3v) is 1.99. The first-order chi connectivity index (χ1) is 8.52. The van der Waals surface area contributed by atoms with Crippen molar-refractivity contribution in [3.05, 3.63) is 29.6 Å². The van der Waals surface area contributed by atoms with E-state index in [4.69, 9.17) is 0 Å². The van der Waals surface area contributed by atoms with E-state index in [1.165, 1.54) is 12.1 Å². The molecule has 0 fully saturated rings. The van der Waals surface area contributed by atoms with Gasteiger partial charge in [-0.25, -0.2) is 13.2 Å². The van der Waals surface area contributed by atoms with Crippen LogP contribution in [0.4, 0.5) is 13.2 Å². The third-order valence-electron chi connectivity index (χ3n) is 1.99. The first-order valence-electron chi connectivity index (χ1n) is 5.14. The fourth-order valence-corrected chi connectivity index (χ4v) is 1.24. The average molecular weight is 263 g/mol. The van der Waals surface area contributed by atoms with E-state index in [9.17, 15) is 23.1 Å². The van der Waals surface area contributed by atoms with E-state index < -0.39 is 36.1 Å². The maximum atomic E-state index is 13.2. The van der Waals surface area contributed by atoms with E-state index in [0.29, 0.717) is 0 Å². The Morgan fingerprint density at radius 2 is 2.17 bits per heavy atom. The van der Waals surface area contributed by atoms with Crippen molar-refractivity contribution in [1.29, 1.82) is 0 Å². The number of hydrogen-bond donors (Lipinski definition) is 2. The van der Waals surface area contributed by atoms with E-state index in [1.807, 2.05) is 0 Å². The monoisotopic (exact) mass is 263 g/mol. The van der Waals surface area contributed by atoms with Gasteiger partial charge in [0, 0.05) is 6.54 Å². The summed E-state index contributed by atoms with van der Waals surface area (Å²) >= 11 is 0. The molecule has 0 spiro atoms. The normalized spacial score (nSPS) is 10.7. The zero-order valence-electron chi connectivity index (χ0n) is 9.33. The summed E-state index contributed by atoms with van der Waals surface area (Å²) in [6, 6.07) is 3.46. The van der Waals surface area contributed by atoms with Crippen molar-refractivity contribution in [3.8, 4) is 5.75 Å². The lowest BCUT2D eigenvalue weighted by atomic mass is 10.2. The number of hydrogen-bond acceptors (Lipinski definition) is 3. The van der Waals surface area contributed by atoms with Gasteiger partial charge < -0.3 is 15.2 Å². The molecular weight excluding hydrogens is 251 g/mol. The zero-order chi connectivity index (χ0) is 13.5. The number of aromatic hydroxyl groups is 1. The molecule has 0 aromatic heterocycles. The summed E-state index contributed by atoms with van der Waals surface area (Å²) in [4.78, 5) is 11.5. The Bertz CT molecular complexity index is 392. The van der Waals surface area contributed by atoms with Gasteiger partial charge in [-0.05, 0) is 12.1 Å². The number of phenolic OH excluding ortho intramolecular Hbond substituents is 1. The van der Waals surface area contributed by atoms with Gasteiger partial charge in [0.15, 0.2) is 0 Å². The van der Waals surface area contributed by atoms with Gasteiger partial charge in [-0.2, -0.15) is 0 Å². The summed E-state index contributed by atoms with van der Waals surface area (Å²) < 4.78 is 41.1. The van der Waals surface area contributed by atoms with Gasteiger partial charge in [0.1, 0.15) is 23.7 Å². The molecule has 1 rings (SSSR count). The smallest absolute Gasteiger partial charge is 0.261 e. The largest absolute Gasteiger partial charge is 0.507 e. The molecule has 100 valence electrons. The minimum absolute atomic E-state index is 0.0562. The first kappa shape index (κ1) is 14.3. The molecule has 0 saturated carbocycles. The van der Waals surface area contributed by atoms with E-state index >= 15 is 0 Å². The van der Waals surface area contributed by atoms with Gasteiger partial charge in [0.2, 0.25) is 0 Å². The quantitative estimate of drug-likeness (QED) is 0.765. The number of amides is 1.